The molecule has 0 aliphatic carbocycles. The van der Waals surface area contributed by atoms with Crippen molar-refractivity contribution in [3.8, 4) is 0 Å². The molecule has 1 heterocycles. The third-order valence-electron chi connectivity index (χ3n) is 3.27. The number of primary amides is 1. The number of carbonyl (C=O) groups is 2. The molecule has 5 nitrogen and oxygen atoms in total. The van der Waals surface area contributed by atoms with Crippen LogP contribution in [0.15, 0.2) is 24.3 Å². The van der Waals surface area contributed by atoms with Gasteiger partial charge in [0.25, 0.3) is 0 Å². The highest BCUT2D eigenvalue weighted by Crippen LogP contribution is 2.17. The number of benzene rings is 1. The van der Waals surface area contributed by atoms with E-state index in [2.05, 4.69) is 10.6 Å². The number of anilines is 1. The van der Waals surface area contributed by atoms with Crippen LogP contribution in [0, 0.1) is 0 Å². The van der Waals surface area contributed by atoms with E-state index in [-0.39, 0.29) is 18.4 Å². The second-order valence-corrected chi connectivity index (χ2v) is 4.79. The number of carbonyl (C=O) groups excluding carboxylic acids is 2. The molecule has 0 saturated carbocycles. The van der Waals surface area contributed by atoms with E-state index >= 15 is 0 Å². The van der Waals surface area contributed by atoms with Crippen molar-refractivity contribution >= 4 is 17.5 Å². The van der Waals surface area contributed by atoms with Crippen molar-refractivity contribution in [1.29, 1.82) is 0 Å². The summed E-state index contributed by atoms with van der Waals surface area (Å²) in [6, 6.07) is 7.10. The molecule has 0 bridgehead atoms. The van der Waals surface area contributed by atoms with E-state index < -0.39 is 5.91 Å². The van der Waals surface area contributed by atoms with Gasteiger partial charge in [-0.05, 0) is 31.0 Å². The molecule has 1 fully saturated rings. The van der Waals surface area contributed by atoms with Gasteiger partial charge in [0.05, 0.1) is 12.5 Å². The largest absolute Gasteiger partial charge is 0.369 e. The fourth-order valence-electron chi connectivity index (χ4n) is 2.28. The minimum Gasteiger partial charge on any atom is -0.369 e. The number of nitrogens with one attached hydrogen (secondary N) is 2. The number of nitrogens with two attached hydrogens (primary N) is 1. The Hall–Kier alpha value is -1.88. The highest BCUT2D eigenvalue weighted by molar-refractivity contribution is 5.96. The Kier molecular flexibility index (Phi) is 4.52. The molecule has 2 amide bonds. The summed E-state index contributed by atoms with van der Waals surface area (Å²) in [6.07, 6.45) is 3.16. The Morgan fingerprint density at radius 1 is 1.32 bits per heavy atom. The molecule has 1 atom stereocenters. The van der Waals surface area contributed by atoms with E-state index in [9.17, 15) is 9.59 Å². The molecular weight excluding hydrogens is 242 g/mol. The van der Waals surface area contributed by atoms with Crippen molar-refractivity contribution in [2.75, 3.05) is 11.9 Å². The number of piperidine rings is 1. The smallest absolute Gasteiger partial charge is 0.241 e. The van der Waals surface area contributed by atoms with Crippen molar-refractivity contribution in [1.82, 2.24) is 5.32 Å². The van der Waals surface area contributed by atoms with Crippen LogP contribution in [-0.2, 0) is 16.0 Å². The van der Waals surface area contributed by atoms with Crippen LogP contribution in [0.4, 0.5) is 5.69 Å². The Morgan fingerprint density at radius 2 is 2.11 bits per heavy atom. The molecule has 102 valence electrons. The third kappa shape index (κ3) is 3.79. The van der Waals surface area contributed by atoms with Crippen LogP contribution in [0.3, 0.4) is 0 Å². The van der Waals surface area contributed by atoms with E-state index in [1.54, 1.807) is 12.1 Å². The SMILES string of the molecule is NC(=O)Cc1ccccc1NC(=O)C1CCCCN1. The average molecular weight is 261 g/mol. The van der Waals surface area contributed by atoms with Crippen LogP contribution in [0.1, 0.15) is 24.8 Å². The summed E-state index contributed by atoms with van der Waals surface area (Å²) >= 11 is 0. The molecule has 1 unspecified atom stereocenters. The van der Waals surface area contributed by atoms with Crippen molar-refractivity contribution in [3.63, 3.8) is 0 Å². The number of rotatable bonds is 4. The van der Waals surface area contributed by atoms with Crippen molar-refractivity contribution < 1.29 is 9.59 Å². The quantitative estimate of drug-likeness (QED) is 0.749. The molecule has 5 heteroatoms. The lowest BCUT2D eigenvalue weighted by Crippen LogP contribution is -2.43. The van der Waals surface area contributed by atoms with Gasteiger partial charge >= 0.3 is 0 Å². The van der Waals surface area contributed by atoms with E-state index in [1.807, 2.05) is 12.1 Å². The average Bonchev–Trinajstić information content (AvgIpc) is 2.41. The van der Waals surface area contributed by atoms with Gasteiger partial charge in [0.2, 0.25) is 11.8 Å². The summed E-state index contributed by atoms with van der Waals surface area (Å²) in [7, 11) is 0. The van der Waals surface area contributed by atoms with Gasteiger partial charge in [0.1, 0.15) is 0 Å². The van der Waals surface area contributed by atoms with E-state index in [4.69, 9.17) is 5.73 Å². The summed E-state index contributed by atoms with van der Waals surface area (Å²) in [5.74, 6) is -0.450. The first kappa shape index (κ1) is 13.5. The van der Waals surface area contributed by atoms with Gasteiger partial charge in [0, 0.05) is 5.69 Å². The van der Waals surface area contributed by atoms with E-state index in [0.29, 0.717) is 5.69 Å². The van der Waals surface area contributed by atoms with Gasteiger partial charge in [-0.25, -0.2) is 0 Å². The molecule has 19 heavy (non-hydrogen) atoms. The molecular formula is C14H19N3O2. The Morgan fingerprint density at radius 3 is 2.79 bits per heavy atom. The van der Waals surface area contributed by atoms with Gasteiger partial charge < -0.3 is 16.4 Å². The summed E-state index contributed by atoms with van der Waals surface area (Å²) in [6.45, 7) is 0.876. The van der Waals surface area contributed by atoms with Crippen LogP contribution in [0.25, 0.3) is 0 Å². The fourth-order valence-corrected chi connectivity index (χ4v) is 2.28. The molecule has 4 N–H and O–H groups in total. The number of hydrogen-bond donors (Lipinski definition) is 3. The lowest BCUT2D eigenvalue weighted by atomic mass is 10.0. The monoisotopic (exact) mass is 261 g/mol. The van der Waals surface area contributed by atoms with Crippen LogP contribution in [0.5, 0.6) is 0 Å². The number of amides is 2. The first-order valence-corrected chi connectivity index (χ1v) is 6.57. The van der Waals surface area contributed by atoms with Crippen LogP contribution in [-0.4, -0.2) is 24.4 Å². The standard InChI is InChI=1S/C14H19N3O2/c15-13(18)9-10-5-1-2-6-11(10)17-14(19)12-7-3-4-8-16-12/h1-2,5-6,12,16H,3-4,7-9H2,(H2,15,18)(H,17,19). The van der Waals surface area contributed by atoms with Gasteiger partial charge in [-0.3, -0.25) is 9.59 Å². The first-order chi connectivity index (χ1) is 9.16. The second kappa shape index (κ2) is 6.33. The lowest BCUT2D eigenvalue weighted by Gasteiger charge is -2.23. The van der Waals surface area contributed by atoms with Gasteiger partial charge in [0.15, 0.2) is 0 Å². The van der Waals surface area contributed by atoms with Crippen molar-refractivity contribution in [2.45, 2.75) is 31.7 Å². The highest BCUT2D eigenvalue weighted by atomic mass is 16.2. The Labute approximate surface area is 112 Å². The molecule has 1 aliphatic rings. The maximum absolute atomic E-state index is 12.1. The summed E-state index contributed by atoms with van der Waals surface area (Å²) < 4.78 is 0. The molecule has 1 aromatic carbocycles. The highest BCUT2D eigenvalue weighted by Gasteiger charge is 2.21. The van der Waals surface area contributed by atoms with Crippen molar-refractivity contribution in [2.24, 2.45) is 5.73 Å². The second-order valence-electron chi connectivity index (χ2n) is 4.79. The maximum atomic E-state index is 12.1. The summed E-state index contributed by atoms with van der Waals surface area (Å²) in [5, 5.41) is 6.07. The predicted octanol–water partition coefficient (Wildman–Crippen LogP) is 0.795. The third-order valence-corrected chi connectivity index (χ3v) is 3.27. The minimum absolute atomic E-state index is 0.0448. The predicted molar refractivity (Wildman–Crippen MR) is 73.6 cm³/mol. The van der Waals surface area contributed by atoms with E-state index in [0.717, 1.165) is 31.4 Å². The molecule has 1 aromatic rings. The van der Waals surface area contributed by atoms with Crippen LogP contribution >= 0.6 is 0 Å². The van der Waals surface area contributed by atoms with Crippen LogP contribution < -0.4 is 16.4 Å². The number of hydrogen-bond acceptors (Lipinski definition) is 3. The molecule has 2 rings (SSSR count). The summed E-state index contributed by atoms with van der Waals surface area (Å²) in [5.41, 5.74) is 6.62. The normalized spacial score (nSPS) is 18.8. The van der Waals surface area contributed by atoms with Gasteiger partial charge in [-0.15, -0.1) is 0 Å². The molecule has 1 aliphatic heterocycles. The molecule has 0 radical (unpaired) electrons. The number of para-hydroxylation sites is 1. The molecule has 0 spiro atoms. The molecule has 1 saturated heterocycles. The van der Waals surface area contributed by atoms with Crippen LogP contribution in [0.2, 0.25) is 0 Å². The fraction of sp³-hybridized carbons (Fsp3) is 0.429. The van der Waals surface area contributed by atoms with Gasteiger partial charge in [-0.2, -0.15) is 0 Å². The Balaban J connectivity index is 2.05. The van der Waals surface area contributed by atoms with Crippen molar-refractivity contribution in [3.05, 3.63) is 29.8 Å². The first-order valence-electron chi connectivity index (χ1n) is 6.57. The zero-order chi connectivity index (χ0) is 13.7. The molecule has 0 aromatic heterocycles. The summed E-state index contributed by atoms with van der Waals surface area (Å²) in [4.78, 5) is 23.1. The topological polar surface area (TPSA) is 84.2 Å². The minimum atomic E-state index is -0.405. The lowest BCUT2D eigenvalue weighted by molar-refractivity contribution is -0.119. The maximum Gasteiger partial charge on any atom is 0.241 e. The zero-order valence-electron chi connectivity index (χ0n) is 10.8. The van der Waals surface area contributed by atoms with E-state index in [1.165, 1.54) is 0 Å². The Bertz CT molecular complexity index is 468. The zero-order valence-corrected chi connectivity index (χ0v) is 10.8. The van der Waals surface area contributed by atoms with Gasteiger partial charge in [-0.1, -0.05) is 24.6 Å².